The normalized spacial score (nSPS) is 12.3. The van der Waals surface area contributed by atoms with Gasteiger partial charge in [0.2, 0.25) is 0 Å². The van der Waals surface area contributed by atoms with Crippen molar-refractivity contribution in [2.24, 2.45) is 0 Å². The van der Waals surface area contributed by atoms with E-state index in [9.17, 15) is 4.39 Å². The number of benzene rings is 1. The summed E-state index contributed by atoms with van der Waals surface area (Å²) in [6.07, 6.45) is 4.81. The van der Waals surface area contributed by atoms with Gasteiger partial charge in [0, 0.05) is 16.6 Å². The molecular formula is C20H16FN7OS. The summed E-state index contributed by atoms with van der Waals surface area (Å²) < 4.78 is 23.4. The second-order valence-electron chi connectivity index (χ2n) is 6.72. The molecule has 4 heterocycles. The number of nitrogens with zero attached hydrogens (tertiary/aromatic N) is 7. The van der Waals surface area contributed by atoms with Crippen LogP contribution in [-0.2, 0) is 6.54 Å². The Morgan fingerprint density at radius 2 is 2.17 bits per heavy atom. The Morgan fingerprint density at radius 1 is 1.23 bits per heavy atom. The van der Waals surface area contributed by atoms with Gasteiger partial charge in [0.05, 0.1) is 24.0 Å². The average Bonchev–Trinajstić information content (AvgIpc) is 3.50. The third-order valence-corrected chi connectivity index (χ3v) is 5.45. The van der Waals surface area contributed by atoms with E-state index in [1.165, 1.54) is 17.1 Å². The van der Waals surface area contributed by atoms with Gasteiger partial charge < -0.3 is 4.74 Å². The smallest absolute Gasteiger partial charge is 0.165 e. The van der Waals surface area contributed by atoms with Crippen LogP contribution in [0.2, 0.25) is 0 Å². The summed E-state index contributed by atoms with van der Waals surface area (Å²) in [5, 5.41) is 17.4. The maximum Gasteiger partial charge on any atom is 0.165 e. The number of thiophene rings is 1. The molecule has 1 atom stereocenters. The van der Waals surface area contributed by atoms with Gasteiger partial charge in [0.15, 0.2) is 17.2 Å². The molecule has 150 valence electrons. The van der Waals surface area contributed by atoms with E-state index in [4.69, 9.17) is 9.72 Å². The molecule has 0 amide bonds. The SMILES string of the molecule is C[C@@H](Cn1cnnn1)Oc1cc(-c2ccn3ncc(-c4cccs4)c3n2)ccc1F. The molecule has 1 aromatic carbocycles. The van der Waals surface area contributed by atoms with Gasteiger partial charge in [-0.15, -0.1) is 16.4 Å². The number of rotatable bonds is 6. The number of fused-ring (bicyclic) bond motifs is 1. The van der Waals surface area contributed by atoms with Crippen molar-refractivity contribution in [2.75, 3.05) is 0 Å². The molecule has 0 unspecified atom stereocenters. The van der Waals surface area contributed by atoms with Crippen LogP contribution >= 0.6 is 11.3 Å². The number of hydrogen-bond acceptors (Lipinski definition) is 7. The van der Waals surface area contributed by atoms with Crippen molar-refractivity contribution in [2.45, 2.75) is 19.6 Å². The van der Waals surface area contributed by atoms with E-state index in [0.29, 0.717) is 12.2 Å². The summed E-state index contributed by atoms with van der Waals surface area (Å²) in [5.74, 6) is -0.284. The van der Waals surface area contributed by atoms with Gasteiger partial charge in [-0.25, -0.2) is 18.6 Å². The maximum absolute atomic E-state index is 14.4. The van der Waals surface area contributed by atoms with Crippen LogP contribution < -0.4 is 4.74 Å². The lowest BCUT2D eigenvalue weighted by Gasteiger charge is -2.15. The fourth-order valence-electron chi connectivity index (χ4n) is 3.17. The van der Waals surface area contributed by atoms with Gasteiger partial charge in [0.1, 0.15) is 12.4 Å². The van der Waals surface area contributed by atoms with Crippen LogP contribution in [0.25, 0.3) is 27.3 Å². The summed E-state index contributed by atoms with van der Waals surface area (Å²) in [6.45, 7) is 2.23. The summed E-state index contributed by atoms with van der Waals surface area (Å²) in [4.78, 5) is 5.86. The Bertz CT molecular complexity index is 1280. The first-order chi connectivity index (χ1) is 14.7. The van der Waals surface area contributed by atoms with Crippen LogP contribution in [0.3, 0.4) is 0 Å². The predicted octanol–water partition coefficient (Wildman–Crippen LogP) is 3.72. The lowest BCUT2D eigenvalue weighted by Crippen LogP contribution is -2.20. The first kappa shape index (κ1) is 18.4. The summed E-state index contributed by atoms with van der Waals surface area (Å²) in [5.41, 5.74) is 3.16. The van der Waals surface area contributed by atoms with Crippen LogP contribution in [0, 0.1) is 5.82 Å². The van der Waals surface area contributed by atoms with E-state index >= 15 is 0 Å². The van der Waals surface area contributed by atoms with Crippen LogP contribution in [0.4, 0.5) is 4.39 Å². The number of aromatic nitrogens is 7. The fraction of sp³-hybridized carbons (Fsp3) is 0.150. The second kappa shape index (κ2) is 7.64. The van der Waals surface area contributed by atoms with E-state index in [-0.39, 0.29) is 11.9 Å². The van der Waals surface area contributed by atoms with E-state index in [0.717, 1.165) is 21.7 Å². The molecule has 0 aliphatic rings. The third kappa shape index (κ3) is 3.52. The van der Waals surface area contributed by atoms with Crippen LogP contribution in [0.15, 0.2) is 60.5 Å². The Balaban J connectivity index is 1.46. The lowest BCUT2D eigenvalue weighted by molar-refractivity contribution is 0.185. The molecule has 0 N–H and O–H groups in total. The molecule has 0 spiro atoms. The Hall–Kier alpha value is -3.66. The molecule has 5 aromatic rings. The highest BCUT2D eigenvalue weighted by Gasteiger charge is 2.14. The highest BCUT2D eigenvalue weighted by atomic mass is 32.1. The molecule has 4 aromatic heterocycles. The topological polar surface area (TPSA) is 83.0 Å². The zero-order chi connectivity index (χ0) is 20.5. The standard InChI is InChI=1S/C20H16FN7OS/c1-13(11-27-12-22-25-26-27)29-18-9-14(4-5-16(18)21)17-6-7-28-20(24-17)15(10-23-28)19-3-2-8-30-19/h2-10,12-13H,11H2,1H3/t13-/m0/s1. The Labute approximate surface area is 174 Å². The van der Waals surface area contributed by atoms with Gasteiger partial charge in [-0.2, -0.15) is 5.10 Å². The molecule has 0 radical (unpaired) electrons. The maximum atomic E-state index is 14.4. The molecule has 0 aliphatic carbocycles. The second-order valence-corrected chi connectivity index (χ2v) is 7.67. The number of halogens is 1. The fourth-order valence-corrected chi connectivity index (χ4v) is 3.90. The molecule has 8 nitrogen and oxygen atoms in total. The number of ether oxygens (including phenoxy) is 1. The number of tetrazole rings is 1. The minimum atomic E-state index is -0.438. The first-order valence-corrected chi connectivity index (χ1v) is 10.1. The summed E-state index contributed by atoms with van der Waals surface area (Å²) in [7, 11) is 0. The van der Waals surface area contributed by atoms with Crippen molar-refractivity contribution in [1.82, 2.24) is 34.8 Å². The molecule has 10 heteroatoms. The number of hydrogen-bond donors (Lipinski definition) is 0. The predicted molar refractivity (Wildman–Crippen MR) is 110 cm³/mol. The van der Waals surface area contributed by atoms with Gasteiger partial charge in [-0.3, -0.25) is 0 Å². The van der Waals surface area contributed by atoms with E-state index in [2.05, 4.69) is 20.6 Å². The van der Waals surface area contributed by atoms with Crippen molar-refractivity contribution >= 4 is 17.0 Å². The molecule has 0 aliphatic heterocycles. The minimum absolute atomic E-state index is 0.154. The molecule has 0 bridgehead atoms. The largest absolute Gasteiger partial charge is 0.486 e. The van der Waals surface area contributed by atoms with Gasteiger partial charge in [-0.1, -0.05) is 6.07 Å². The summed E-state index contributed by atoms with van der Waals surface area (Å²) in [6, 6.07) is 10.6. The van der Waals surface area contributed by atoms with Crippen molar-refractivity contribution in [3.8, 4) is 27.4 Å². The molecule has 0 fully saturated rings. The minimum Gasteiger partial charge on any atom is -0.486 e. The Morgan fingerprint density at radius 3 is 2.97 bits per heavy atom. The third-order valence-electron chi connectivity index (χ3n) is 4.55. The highest BCUT2D eigenvalue weighted by molar-refractivity contribution is 7.13. The first-order valence-electron chi connectivity index (χ1n) is 9.23. The van der Waals surface area contributed by atoms with Gasteiger partial charge in [0.25, 0.3) is 0 Å². The van der Waals surface area contributed by atoms with E-state index in [1.807, 2.05) is 36.7 Å². The Kier molecular flexibility index (Phi) is 4.68. The van der Waals surface area contributed by atoms with Crippen molar-refractivity contribution in [3.05, 3.63) is 66.3 Å². The molecule has 30 heavy (non-hydrogen) atoms. The van der Waals surface area contributed by atoms with Crippen LogP contribution in [0.1, 0.15) is 6.92 Å². The van der Waals surface area contributed by atoms with Crippen LogP contribution in [0.5, 0.6) is 5.75 Å². The monoisotopic (exact) mass is 421 g/mol. The van der Waals surface area contributed by atoms with Crippen LogP contribution in [-0.4, -0.2) is 40.9 Å². The summed E-state index contributed by atoms with van der Waals surface area (Å²) >= 11 is 1.63. The van der Waals surface area contributed by atoms with Crippen molar-refractivity contribution < 1.29 is 9.13 Å². The zero-order valence-corrected chi connectivity index (χ0v) is 16.7. The lowest BCUT2D eigenvalue weighted by atomic mass is 10.1. The molecule has 5 rings (SSSR count). The molecular weight excluding hydrogens is 405 g/mol. The van der Waals surface area contributed by atoms with Crippen molar-refractivity contribution in [3.63, 3.8) is 0 Å². The van der Waals surface area contributed by atoms with Gasteiger partial charge >= 0.3 is 0 Å². The van der Waals surface area contributed by atoms with Gasteiger partial charge in [-0.05, 0) is 53.1 Å². The van der Waals surface area contributed by atoms with E-state index < -0.39 is 5.82 Å². The van der Waals surface area contributed by atoms with Crippen molar-refractivity contribution in [1.29, 1.82) is 0 Å². The average molecular weight is 421 g/mol. The molecule has 0 saturated carbocycles. The highest BCUT2D eigenvalue weighted by Crippen LogP contribution is 2.30. The quantitative estimate of drug-likeness (QED) is 0.416. The zero-order valence-electron chi connectivity index (χ0n) is 15.9. The molecule has 0 saturated heterocycles. The van der Waals surface area contributed by atoms with E-state index in [1.54, 1.807) is 34.2 Å².